The van der Waals surface area contributed by atoms with Gasteiger partial charge in [0.1, 0.15) is 17.0 Å². The summed E-state index contributed by atoms with van der Waals surface area (Å²) < 4.78 is 0. The molecule has 9 nitrogen and oxygen atoms in total. The molecule has 0 unspecified atom stereocenters. The number of amides is 3. The average molecular weight is 544 g/mol. The Morgan fingerprint density at radius 3 is 2.74 bits per heavy atom. The van der Waals surface area contributed by atoms with E-state index < -0.39 is 0 Å². The molecule has 1 fully saturated rings. The zero-order chi connectivity index (χ0) is 25.4. The molecule has 1 aliphatic rings. The zero-order valence-corrected chi connectivity index (χ0v) is 22.3. The Hall–Kier alpha value is -1.95. The highest BCUT2D eigenvalue weighted by atomic mass is 35.5. The van der Waals surface area contributed by atoms with E-state index in [1.54, 1.807) is 24.3 Å². The Morgan fingerprint density at radius 2 is 2.11 bits per heavy atom. The van der Waals surface area contributed by atoms with E-state index in [4.69, 9.17) is 33.8 Å². The molecule has 1 aliphatic heterocycles. The molecule has 192 valence electrons. The van der Waals surface area contributed by atoms with Gasteiger partial charge in [-0.25, -0.2) is 15.3 Å². The molecule has 1 saturated heterocycles. The molecule has 0 bridgehead atoms. The topological polar surface area (TPSA) is 113 Å². The molecule has 0 aromatic carbocycles. The van der Waals surface area contributed by atoms with Crippen LogP contribution in [0, 0.1) is 6.92 Å². The van der Waals surface area contributed by atoms with Crippen LogP contribution in [-0.2, 0) is 11.4 Å². The second-order valence-corrected chi connectivity index (χ2v) is 10.1. The second-order valence-electron chi connectivity index (χ2n) is 8.57. The van der Waals surface area contributed by atoms with Crippen LogP contribution >= 0.6 is 34.5 Å². The van der Waals surface area contributed by atoms with Crippen LogP contribution < -0.4 is 16.5 Å². The lowest BCUT2D eigenvalue weighted by Crippen LogP contribution is -2.52. The van der Waals surface area contributed by atoms with Gasteiger partial charge < -0.3 is 20.9 Å². The molecular formula is C23H32Cl2N6O3S. The first-order chi connectivity index (χ1) is 16.8. The summed E-state index contributed by atoms with van der Waals surface area (Å²) in [5.74, 6) is -0.252. The third-order valence-corrected chi connectivity index (χ3v) is 7.41. The molecule has 12 heteroatoms. The fraction of sp³-hybridized carbons (Fsp3) is 0.522. The summed E-state index contributed by atoms with van der Waals surface area (Å²) in [6, 6.07) is 3.74. The van der Waals surface area contributed by atoms with Crippen molar-refractivity contribution in [3.05, 3.63) is 49.9 Å². The van der Waals surface area contributed by atoms with Gasteiger partial charge in [-0.3, -0.25) is 9.63 Å². The van der Waals surface area contributed by atoms with Gasteiger partial charge in [0.25, 0.3) is 5.91 Å². The Bertz CT molecular complexity index is 963. The van der Waals surface area contributed by atoms with Crippen LogP contribution in [0.15, 0.2) is 22.9 Å². The molecule has 35 heavy (non-hydrogen) atoms. The molecule has 0 saturated carbocycles. The first kappa shape index (κ1) is 27.6. The predicted molar refractivity (Wildman–Crippen MR) is 139 cm³/mol. The van der Waals surface area contributed by atoms with Crippen LogP contribution in [0.3, 0.4) is 0 Å². The van der Waals surface area contributed by atoms with Crippen molar-refractivity contribution in [3.8, 4) is 0 Å². The van der Waals surface area contributed by atoms with Crippen LogP contribution in [-0.4, -0.2) is 65.2 Å². The fourth-order valence-electron chi connectivity index (χ4n) is 4.28. The van der Waals surface area contributed by atoms with Crippen LogP contribution in [0.4, 0.5) is 4.79 Å². The summed E-state index contributed by atoms with van der Waals surface area (Å²) in [7, 11) is 0. The molecule has 4 N–H and O–H groups in total. The number of nitrogens with zero attached hydrogens (tertiary/aromatic N) is 3. The van der Waals surface area contributed by atoms with E-state index in [1.165, 1.54) is 0 Å². The predicted octanol–water partition coefficient (Wildman–Crippen LogP) is 3.79. The lowest BCUT2D eigenvalue weighted by Gasteiger charge is -2.40. The maximum Gasteiger partial charge on any atom is 0.341 e. The van der Waals surface area contributed by atoms with Gasteiger partial charge in [-0.05, 0) is 67.1 Å². The summed E-state index contributed by atoms with van der Waals surface area (Å²) in [6.45, 7) is 6.61. The number of thiophene rings is 1. The SMILES string of the molecule is Cc1cc(Cl)nc(Cl)c1C(=O)NCC[C@@H](C)N1CCC(N(Cc2ccsc2)C(=O)NOCN)CC1. The number of carbonyl (C=O) groups excluding carboxylic acids is 2. The summed E-state index contributed by atoms with van der Waals surface area (Å²) in [4.78, 5) is 38.4. The Labute approximate surface area is 219 Å². The number of pyridine rings is 1. The number of rotatable bonds is 10. The molecule has 0 aliphatic carbocycles. The van der Waals surface area contributed by atoms with E-state index in [1.807, 2.05) is 21.7 Å². The van der Waals surface area contributed by atoms with E-state index in [0.29, 0.717) is 24.2 Å². The van der Waals surface area contributed by atoms with Crippen molar-refractivity contribution in [2.45, 2.75) is 51.7 Å². The summed E-state index contributed by atoms with van der Waals surface area (Å²) in [6.07, 6.45) is 2.49. The molecule has 1 atom stereocenters. The van der Waals surface area contributed by atoms with Gasteiger partial charge in [-0.2, -0.15) is 11.3 Å². The van der Waals surface area contributed by atoms with E-state index in [0.717, 1.165) is 37.9 Å². The molecule has 3 rings (SSSR count). The maximum atomic E-state index is 12.7. The second kappa shape index (κ2) is 13.4. The van der Waals surface area contributed by atoms with E-state index in [2.05, 4.69) is 27.6 Å². The number of nitrogens with two attached hydrogens (primary N) is 1. The number of nitrogens with one attached hydrogen (secondary N) is 2. The Morgan fingerprint density at radius 1 is 1.37 bits per heavy atom. The van der Waals surface area contributed by atoms with Crippen LogP contribution in [0.5, 0.6) is 0 Å². The highest BCUT2D eigenvalue weighted by Gasteiger charge is 2.30. The normalized spacial score (nSPS) is 15.6. The van der Waals surface area contributed by atoms with Gasteiger partial charge in [0, 0.05) is 38.3 Å². The van der Waals surface area contributed by atoms with Crippen LogP contribution in [0.1, 0.15) is 47.7 Å². The van der Waals surface area contributed by atoms with Crippen molar-refractivity contribution in [2.75, 3.05) is 26.4 Å². The smallest absolute Gasteiger partial charge is 0.341 e. The minimum Gasteiger partial charge on any atom is -0.352 e. The van der Waals surface area contributed by atoms with Gasteiger partial charge in [0.05, 0.1) is 5.56 Å². The van der Waals surface area contributed by atoms with Crippen molar-refractivity contribution in [2.24, 2.45) is 5.73 Å². The van der Waals surface area contributed by atoms with Gasteiger partial charge in [0.15, 0.2) is 0 Å². The minimum atomic E-state index is -0.276. The number of piperidine rings is 1. The number of hydroxylamine groups is 1. The number of likely N-dealkylation sites (tertiary alicyclic amines) is 1. The first-order valence-electron chi connectivity index (χ1n) is 11.5. The number of halogens is 2. The van der Waals surface area contributed by atoms with Gasteiger partial charge in [-0.1, -0.05) is 23.2 Å². The number of aromatic nitrogens is 1. The molecule has 0 spiro atoms. The summed E-state index contributed by atoms with van der Waals surface area (Å²) in [5.41, 5.74) is 9.92. The number of hydrogen-bond donors (Lipinski definition) is 3. The molecular weight excluding hydrogens is 511 g/mol. The number of hydrogen-bond acceptors (Lipinski definition) is 7. The van der Waals surface area contributed by atoms with E-state index >= 15 is 0 Å². The third-order valence-electron chi connectivity index (χ3n) is 6.22. The number of aryl methyl sites for hydroxylation is 1. The number of carbonyl (C=O) groups is 2. The highest BCUT2D eigenvalue weighted by molar-refractivity contribution is 7.07. The largest absolute Gasteiger partial charge is 0.352 e. The monoisotopic (exact) mass is 542 g/mol. The van der Waals surface area contributed by atoms with Crippen molar-refractivity contribution in [3.63, 3.8) is 0 Å². The minimum absolute atomic E-state index is 0.0785. The Balaban J connectivity index is 1.49. The van der Waals surface area contributed by atoms with Crippen molar-refractivity contribution < 1.29 is 14.4 Å². The van der Waals surface area contributed by atoms with E-state index in [-0.39, 0.29) is 41.1 Å². The van der Waals surface area contributed by atoms with Crippen LogP contribution in [0.25, 0.3) is 0 Å². The van der Waals surface area contributed by atoms with Gasteiger partial charge in [-0.15, -0.1) is 0 Å². The molecule has 2 aromatic rings. The van der Waals surface area contributed by atoms with Crippen molar-refractivity contribution in [1.82, 2.24) is 25.6 Å². The van der Waals surface area contributed by atoms with Gasteiger partial charge >= 0.3 is 6.03 Å². The van der Waals surface area contributed by atoms with Crippen molar-refractivity contribution >= 4 is 46.5 Å². The fourth-order valence-corrected chi connectivity index (χ4v) is 5.56. The molecule has 0 radical (unpaired) electrons. The quantitative estimate of drug-likeness (QED) is 0.239. The molecule has 2 aromatic heterocycles. The highest BCUT2D eigenvalue weighted by Crippen LogP contribution is 2.23. The lowest BCUT2D eigenvalue weighted by molar-refractivity contribution is 0.0344. The van der Waals surface area contributed by atoms with Gasteiger partial charge in [0.2, 0.25) is 0 Å². The third kappa shape index (κ3) is 7.77. The zero-order valence-electron chi connectivity index (χ0n) is 19.9. The molecule has 3 amide bonds. The summed E-state index contributed by atoms with van der Waals surface area (Å²) in [5, 5.41) is 7.36. The Kier molecular flexibility index (Phi) is 10.6. The van der Waals surface area contributed by atoms with Crippen molar-refractivity contribution in [1.29, 1.82) is 0 Å². The molecule has 3 heterocycles. The average Bonchev–Trinajstić information content (AvgIpc) is 3.34. The lowest BCUT2D eigenvalue weighted by atomic mass is 10.0. The standard InChI is InChI=1S/C23H32Cl2N6O3S/c1-15-11-19(24)28-21(25)20(15)22(32)27-7-3-16(2)30-8-4-18(5-9-30)31(23(33)29-34-14-26)12-17-6-10-35-13-17/h6,10-11,13,16,18H,3-5,7-9,12,14,26H2,1-2H3,(H,27,32)(H,29,33)/t16-/m1/s1. The first-order valence-corrected chi connectivity index (χ1v) is 13.2. The maximum absolute atomic E-state index is 12.7. The summed E-state index contributed by atoms with van der Waals surface area (Å²) >= 11 is 13.6. The number of urea groups is 1. The van der Waals surface area contributed by atoms with E-state index in [9.17, 15) is 9.59 Å². The van der Waals surface area contributed by atoms with Crippen LogP contribution in [0.2, 0.25) is 10.3 Å².